The van der Waals surface area contributed by atoms with Crippen molar-refractivity contribution in [1.82, 2.24) is 4.98 Å². The molecule has 4 rings (SSSR count). The standard InChI is InChI=1S/C23H20N2O3/c1-14-10-20-21(11-15(14)2)28-23(25-20)17-7-4-8-18(12-17)24-22(26)16-6-5-9-19(13-16)27-3/h4-13H,1-3H3,(H,24,26). The molecule has 1 N–H and O–H groups in total. The second kappa shape index (κ2) is 7.19. The lowest BCUT2D eigenvalue weighted by Crippen LogP contribution is -2.11. The molecule has 4 aromatic rings. The molecule has 0 radical (unpaired) electrons. The average Bonchev–Trinajstić information content (AvgIpc) is 3.11. The van der Waals surface area contributed by atoms with Crippen molar-refractivity contribution in [3.05, 3.63) is 77.4 Å². The van der Waals surface area contributed by atoms with Crippen LogP contribution < -0.4 is 10.1 Å². The molecule has 1 amide bonds. The Balaban J connectivity index is 1.61. The average molecular weight is 372 g/mol. The van der Waals surface area contributed by atoms with Gasteiger partial charge in [-0.2, -0.15) is 0 Å². The molecule has 0 atom stereocenters. The summed E-state index contributed by atoms with van der Waals surface area (Å²) in [6, 6.07) is 18.5. The van der Waals surface area contributed by atoms with Crippen LogP contribution in [0.1, 0.15) is 21.5 Å². The third-order valence-corrected chi connectivity index (χ3v) is 4.70. The van der Waals surface area contributed by atoms with Gasteiger partial charge in [-0.1, -0.05) is 12.1 Å². The Kier molecular flexibility index (Phi) is 4.57. The van der Waals surface area contributed by atoms with Gasteiger partial charge in [-0.15, -0.1) is 0 Å². The summed E-state index contributed by atoms with van der Waals surface area (Å²) in [6.45, 7) is 4.10. The quantitative estimate of drug-likeness (QED) is 0.523. The van der Waals surface area contributed by atoms with Crippen LogP contribution in [-0.4, -0.2) is 18.0 Å². The number of carbonyl (C=O) groups excluding carboxylic acids is 1. The SMILES string of the molecule is COc1cccc(C(=O)Nc2cccc(-c3nc4cc(C)c(C)cc4o3)c2)c1. The van der Waals surface area contributed by atoms with E-state index in [-0.39, 0.29) is 5.91 Å². The summed E-state index contributed by atoms with van der Waals surface area (Å²) in [4.78, 5) is 17.1. The van der Waals surface area contributed by atoms with E-state index >= 15 is 0 Å². The summed E-state index contributed by atoms with van der Waals surface area (Å²) in [7, 11) is 1.57. The van der Waals surface area contributed by atoms with Gasteiger partial charge in [0.05, 0.1) is 7.11 Å². The first-order valence-electron chi connectivity index (χ1n) is 8.97. The van der Waals surface area contributed by atoms with Gasteiger partial charge in [-0.25, -0.2) is 4.98 Å². The van der Waals surface area contributed by atoms with Crippen LogP contribution in [0.15, 0.2) is 65.1 Å². The summed E-state index contributed by atoms with van der Waals surface area (Å²) in [5.74, 6) is 0.954. The number of rotatable bonds is 4. The van der Waals surface area contributed by atoms with Crippen LogP contribution in [0.5, 0.6) is 5.75 Å². The molecule has 140 valence electrons. The predicted molar refractivity (Wildman–Crippen MR) is 110 cm³/mol. The lowest BCUT2D eigenvalue weighted by atomic mass is 10.1. The number of hydrogen-bond acceptors (Lipinski definition) is 4. The second-order valence-corrected chi connectivity index (χ2v) is 6.69. The fraction of sp³-hybridized carbons (Fsp3) is 0.130. The molecule has 3 aromatic carbocycles. The molecule has 0 spiro atoms. The molecule has 5 heteroatoms. The number of nitrogens with zero attached hydrogens (tertiary/aromatic N) is 1. The summed E-state index contributed by atoms with van der Waals surface area (Å²) in [5.41, 5.74) is 5.90. The fourth-order valence-corrected chi connectivity index (χ4v) is 3.00. The molecule has 0 fully saturated rings. The first-order valence-corrected chi connectivity index (χ1v) is 8.97. The zero-order valence-electron chi connectivity index (χ0n) is 15.9. The molecule has 5 nitrogen and oxygen atoms in total. The van der Waals surface area contributed by atoms with Crippen LogP contribution in [0.25, 0.3) is 22.6 Å². The molecule has 28 heavy (non-hydrogen) atoms. The van der Waals surface area contributed by atoms with E-state index < -0.39 is 0 Å². The number of benzene rings is 3. The highest BCUT2D eigenvalue weighted by Crippen LogP contribution is 2.28. The van der Waals surface area contributed by atoms with Crippen molar-refractivity contribution in [2.24, 2.45) is 0 Å². The van der Waals surface area contributed by atoms with E-state index in [2.05, 4.69) is 17.2 Å². The number of fused-ring (bicyclic) bond motifs is 1. The number of nitrogens with one attached hydrogen (secondary N) is 1. The lowest BCUT2D eigenvalue weighted by molar-refractivity contribution is 0.102. The largest absolute Gasteiger partial charge is 0.497 e. The molecule has 0 aliphatic rings. The molecule has 0 unspecified atom stereocenters. The highest BCUT2D eigenvalue weighted by molar-refractivity contribution is 6.04. The van der Waals surface area contributed by atoms with Crippen molar-refractivity contribution in [3.8, 4) is 17.2 Å². The number of carbonyl (C=O) groups is 1. The minimum Gasteiger partial charge on any atom is -0.497 e. The molecule has 1 heterocycles. The summed E-state index contributed by atoms with van der Waals surface area (Å²) in [6.07, 6.45) is 0. The van der Waals surface area contributed by atoms with E-state index in [1.54, 1.807) is 31.4 Å². The van der Waals surface area contributed by atoms with Gasteiger partial charge in [0, 0.05) is 16.8 Å². The van der Waals surface area contributed by atoms with E-state index in [4.69, 9.17) is 9.15 Å². The van der Waals surface area contributed by atoms with Gasteiger partial charge in [0.15, 0.2) is 5.58 Å². The number of hydrogen-bond donors (Lipinski definition) is 1. The Hall–Kier alpha value is -3.60. The maximum atomic E-state index is 12.5. The van der Waals surface area contributed by atoms with Gasteiger partial charge in [-0.05, 0) is 73.5 Å². The van der Waals surface area contributed by atoms with Gasteiger partial charge in [0.2, 0.25) is 5.89 Å². The number of oxazole rings is 1. The Morgan fingerprint density at radius 3 is 2.61 bits per heavy atom. The van der Waals surface area contributed by atoms with Gasteiger partial charge in [0.1, 0.15) is 11.3 Å². The molecular weight excluding hydrogens is 352 g/mol. The Morgan fingerprint density at radius 1 is 1.00 bits per heavy atom. The van der Waals surface area contributed by atoms with Crippen molar-refractivity contribution in [2.75, 3.05) is 12.4 Å². The zero-order valence-corrected chi connectivity index (χ0v) is 15.9. The summed E-state index contributed by atoms with van der Waals surface area (Å²) < 4.78 is 11.1. The van der Waals surface area contributed by atoms with E-state index in [0.717, 1.165) is 22.2 Å². The highest BCUT2D eigenvalue weighted by atomic mass is 16.5. The van der Waals surface area contributed by atoms with Crippen molar-refractivity contribution in [3.63, 3.8) is 0 Å². The van der Waals surface area contributed by atoms with E-state index in [1.807, 2.05) is 43.3 Å². The predicted octanol–water partition coefficient (Wildman–Crippen LogP) is 5.37. The van der Waals surface area contributed by atoms with Crippen LogP contribution in [0.4, 0.5) is 5.69 Å². The van der Waals surface area contributed by atoms with Crippen molar-refractivity contribution >= 4 is 22.7 Å². The van der Waals surface area contributed by atoms with Gasteiger partial charge >= 0.3 is 0 Å². The molecule has 0 bridgehead atoms. The third kappa shape index (κ3) is 3.47. The second-order valence-electron chi connectivity index (χ2n) is 6.69. The highest BCUT2D eigenvalue weighted by Gasteiger charge is 2.12. The van der Waals surface area contributed by atoms with Crippen LogP contribution in [0.3, 0.4) is 0 Å². The molecule has 0 aliphatic carbocycles. The van der Waals surface area contributed by atoms with Gasteiger partial charge in [-0.3, -0.25) is 4.79 Å². The fourth-order valence-electron chi connectivity index (χ4n) is 3.00. The van der Waals surface area contributed by atoms with Crippen molar-refractivity contribution < 1.29 is 13.9 Å². The number of anilines is 1. The van der Waals surface area contributed by atoms with E-state index in [9.17, 15) is 4.79 Å². The first-order chi connectivity index (χ1) is 13.5. The minimum absolute atomic E-state index is 0.208. The summed E-state index contributed by atoms with van der Waals surface area (Å²) in [5, 5.41) is 2.91. The molecule has 0 saturated carbocycles. The minimum atomic E-state index is -0.208. The first kappa shape index (κ1) is 17.8. The molecule has 1 aromatic heterocycles. The lowest BCUT2D eigenvalue weighted by Gasteiger charge is -2.07. The van der Waals surface area contributed by atoms with E-state index in [1.165, 1.54) is 5.56 Å². The topological polar surface area (TPSA) is 64.4 Å². The third-order valence-electron chi connectivity index (χ3n) is 4.70. The summed E-state index contributed by atoms with van der Waals surface area (Å²) >= 11 is 0. The Bertz CT molecular complexity index is 1140. The number of amides is 1. The Morgan fingerprint density at radius 2 is 1.79 bits per heavy atom. The maximum Gasteiger partial charge on any atom is 0.255 e. The van der Waals surface area contributed by atoms with Crippen LogP contribution in [-0.2, 0) is 0 Å². The molecule has 0 aliphatic heterocycles. The number of aryl methyl sites for hydroxylation is 2. The number of aromatic nitrogens is 1. The van der Waals surface area contributed by atoms with Crippen molar-refractivity contribution in [1.29, 1.82) is 0 Å². The van der Waals surface area contributed by atoms with E-state index in [0.29, 0.717) is 22.9 Å². The van der Waals surface area contributed by atoms with Gasteiger partial charge < -0.3 is 14.5 Å². The van der Waals surface area contributed by atoms with Crippen LogP contribution in [0, 0.1) is 13.8 Å². The molecular formula is C23H20N2O3. The monoisotopic (exact) mass is 372 g/mol. The van der Waals surface area contributed by atoms with Gasteiger partial charge in [0.25, 0.3) is 5.91 Å². The number of ether oxygens (including phenoxy) is 1. The smallest absolute Gasteiger partial charge is 0.255 e. The Labute approximate surface area is 163 Å². The van der Waals surface area contributed by atoms with Crippen LogP contribution in [0.2, 0.25) is 0 Å². The maximum absolute atomic E-state index is 12.5. The normalized spacial score (nSPS) is 10.8. The molecule has 0 saturated heterocycles. The van der Waals surface area contributed by atoms with Crippen LogP contribution >= 0.6 is 0 Å². The van der Waals surface area contributed by atoms with Crippen molar-refractivity contribution in [2.45, 2.75) is 13.8 Å². The zero-order chi connectivity index (χ0) is 19.7. The number of methoxy groups -OCH3 is 1.